The number of benzene rings is 1. The molecule has 1 aliphatic carbocycles. The molecule has 1 nitrogen and oxygen atoms in total. The first-order valence-electron chi connectivity index (χ1n) is 4.61. The summed E-state index contributed by atoms with van der Waals surface area (Å²) >= 11 is 3.42. The molecule has 1 aromatic rings. The zero-order chi connectivity index (χ0) is 10.3. The molecule has 0 fully saturated rings. The van der Waals surface area contributed by atoms with E-state index in [1.54, 1.807) is 0 Å². The van der Waals surface area contributed by atoms with Crippen LogP contribution in [0.4, 0.5) is 0 Å². The quantitative estimate of drug-likeness (QED) is 0.697. The Labute approximate surface area is 92.0 Å². The lowest BCUT2D eigenvalue weighted by molar-refractivity contribution is 0.0940. The van der Waals surface area contributed by atoms with Crippen LogP contribution in [0.2, 0.25) is 0 Å². The second-order valence-electron chi connectivity index (χ2n) is 3.65. The molecular formula is C12H11BrO. The number of hydrogen-bond donors (Lipinski definition) is 0. The lowest BCUT2D eigenvalue weighted by Gasteiger charge is -2.09. The summed E-state index contributed by atoms with van der Waals surface area (Å²) in [5.74, 6) is 0.448. The van der Waals surface area contributed by atoms with Crippen LogP contribution in [0, 0.1) is 5.92 Å². The maximum atomic E-state index is 11.8. The van der Waals surface area contributed by atoms with Crippen LogP contribution in [-0.2, 0) is 0 Å². The second-order valence-corrected chi connectivity index (χ2v) is 4.56. The smallest absolute Gasteiger partial charge is 0.166 e. The van der Waals surface area contributed by atoms with Crippen molar-refractivity contribution in [2.24, 2.45) is 5.92 Å². The van der Waals surface area contributed by atoms with Crippen LogP contribution in [0.25, 0.3) is 0 Å². The van der Waals surface area contributed by atoms with Crippen LogP contribution in [0.3, 0.4) is 0 Å². The zero-order valence-corrected chi connectivity index (χ0v) is 9.54. The average Bonchev–Trinajstić information content (AvgIpc) is 2.39. The number of halogens is 1. The van der Waals surface area contributed by atoms with Gasteiger partial charge in [0.2, 0.25) is 0 Å². The van der Waals surface area contributed by atoms with Crippen molar-refractivity contribution < 1.29 is 4.79 Å². The third-order valence-corrected chi connectivity index (χ3v) is 3.34. The van der Waals surface area contributed by atoms with Gasteiger partial charge in [0.15, 0.2) is 5.78 Å². The molecule has 0 N–H and O–H groups in total. The molecule has 0 spiro atoms. The summed E-state index contributed by atoms with van der Waals surface area (Å²) in [4.78, 5) is 11.8. The van der Waals surface area contributed by atoms with Gasteiger partial charge in [0.1, 0.15) is 0 Å². The van der Waals surface area contributed by atoms with E-state index >= 15 is 0 Å². The van der Waals surface area contributed by atoms with E-state index in [9.17, 15) is 4.79 Å². The molecule has 0 saturated heterocycles. The Kier molecular flexibility index (Phi) is 2.31. The summed E-state index contributed by atoms with van der Waals surface area (Å²) in [7, 11) is 0. The summed E-state index contributed by atoms with van der Waals surface area (Å²) in [6.45, 7) is 5.75. The van der Waals surface area contributed by atoms with E-state index in [0.29, 0.717) is 0 Å². The number of carbonyl (C=O) groups excluding carboxylic acids is 1. The van der Waals surface area contributed by atoms with Gasteiger partial charge < -0.3 is 0 Å². The van der Waals surface area contributed by atoms with Gasteiger partial charge in [-0.25, -0.2) is 0 Å². The highest BCUT2D eigenvalue weighted by Gasteiger charge is 2.34. The van der Waals surface area contributed by atoms with Gasteiger partial charge in [0, 0.05) is 21.9 Å². The highest BCUT2D eigenvalue weighted by Crippen LogP contribution is 2.39. The van der Waals surface area contributed by atoms with Gasteiger partial charge in [-0.15, -0.1) is 6.58 Å². The van der Waals surface area contributed by atoms with Crippen molar-refractivity contribution >= 4 is 21.7 Å². The predicted molar refractivity (Wildman–Crippen MR) is 60.6 cm³/mol. The SMILES string of the molecule is C=C[C@@H]1c2cc(Br)ccc2C(=O)[C@H]1C. The van der Waals surface area contributed by atoms with Gasteiger partial charge in [-0.1, -0.05) is 28.9 Å². The van der Waals surface area contributed by atoms with Gasteiger partial charge in [-0.2, -0.15) is 0 Å². The minimum atomic E-state index is 0.0387. The number of hydrogen-bond acceptors (Lipinski definition) is 1. The molecular weight excluding hydrogens is 240 g/mol. The molecule has 0 bridgehead atoms. The Hall–Kier alpha value is -0.890. The van der Waals surface area contributed by atoms with Crippen molar-refractivity contribution in [1.29, 1.82) is 0 Å². The Morgan fingerprint density at radius 2 is 2.21 bits per heavy atom. The summed E-state index contributed by atoms with van der Waals surface area (Å²) in [5.41, 5.74) is 1.96. The standard InChI is InChI=1S/C12H11BrO/c1-3-9-7(2)12(14)10-5-4-8(13)6-11(9)10/h3-7,9H,1H2,2H3/t7-,9-/m0/s1. The summed E-state index contributed by atoms with van der Waals surface area (Å²) in [6.07, 6.45) is 1.86. The van der Waals surface area contributed by atoms with E-state index in [-0.39, 0.29) is 17.6 Å². The lowest BCUT2D eigenvalue weighted by Crippen LogP contribution is -2.06. The van der Waals surface area contributed by atoms with E-state index in [2.05, 4.69) is 22.5 Å². The van der Waals surface area contributed by atoms with Crippen LogP contribution in [0.15, 0.2) is 35.3 Å². The van der Waals surface area contributed by atoms with Crippen molar-refractivity contribution in [1.82, 2.24) is 0 Å². The van der Waals surface area contributed by atoms with Crippen LogP contribution in [0.5, 0.6) is 0 Å². The van der Waals surface area contributed by atoms with Gasteiger partial charge in [0.05, 0.1) is 0 Å². The molecule has 72 valence electrons. The largest absolute Gasteiger partial charge is 0.294 e. The normalized spacial score (nSPS) is 24.9. The topological polar surface area (TPSA) is 17.1 Å². The van der Waals surface area contributed by atoms with Crippen LogP contribution in [0.1, 0.15) is 28.8 Å². The third-order valence-electron chi connectivity index (χ3n) is 2.84. The van der Waals surface area contributed by atoms with Crippen LogP contribution < -0.4 is 0 Å². The van der Waals surface area contributed by atoms with Gasteiger partial charge >= 0.3 is 0 Å². The minimum absolute atomic E-state index is 0.0387. The molecule has 0 saturated carbocycles. The van der Waals surface area contributed by atoms with Gasteiger partial charge in [-0.3, -0.25) is 4.79 Å². The molecule has 0 amide bonds. The number of rotatable bonds is 1. The summed E-state index contributed by atoms with van der Waals surface area (Å²) in [5, 5.41) is 0. The predicted octanol–water partition coefficient (Wildman–Crippen LogP) is 3.55. The highest BCUT2D eigenvalue weighted by atomic mass is 79.9. The molecule has 0 radical (unpaired) electrons. The maximum Gasteiger partial charge on any atom is 0.166 e. The van der Waals surface area contributed by atoms with E-state index < -0.39 is 0 Å². The fourth-order valence-electron chi connectivity index (χ4n) is 2.04. The summed E-state index contributed by atoms with van der Waals surface area (Å²) < 4.78 is 1.02. The average molecular weight is 251 g/mol. The number of ketones is 1. The first kappa shape index (κ1) is 9.66. The van der Waals surface area contributed by atoms with Gasteiger partial charge in [-0.05, 0) is 23.8 Å². The summed E-state index contributed by atoms with van der Waals surface area (Å²) in [6, 6.07) is 5.82. The molecule has 1 aromatic carbocycles. The first-order valence-corrected chi connectivity index (χ1v) is 5.40. The van der Waals surface area contributed by atoms with E-state index in [1.165, 1.54) is 0 Å². The third kappa shape index (κ3) is 1.25. The first-order chi connectivity index (χ1) is 6.65. The number of fused-ring (bicyclic) bond motifs is 1. The molecule has 2 heteroatoms. The molecule has 1 aliphatic rings. The maximum absolute atomic E-state index is 11.8. The van der Waals surface area contributed by atoms with Crippen molar-refractivity contribution in [3.8, 4) is 0 Å². The molecule has 0 unspecified atom stereocenters. The minimum Gasteiger partial charge on any atom is -0.294 e. The van der Waals surface area contributed by atoms with Crippen LogP contribution in [-0.4, -0.2) is 5.78 Å². The molecule has 2 atom stereocenters. The fourth-order valence-corrected chi connectivity index (χ4v) is 2.42. The molecule has 2 rings (SSSR count). The van der Waals surface area contributed by atoms with E-state index in [1.807, 2.05) is 31.2 Å². The Balaban J connectivity index is 2.61. The second kappa shape index (κ2) is 3.35. The molecule has 0 aliphatic heterocycles. The van der Waals surface area contributed by atoms with Crippen molar-refractivity contribution in [3.63, 3.8) is 0 Å². The lowest BCUT2D eigenvalue weighted by atomic mass is 9.94. The number of allylic oxidation sites excluding steroid dienone is 1. The van der Waals surface area contributed by atoms with Gasteiger partial charge in [0.25, 0.3) is 0 Å². The zero-order valence-electron chi connectivity index (χ0n) is 7.96. The molecule has 14 heavy (non-hydrogen) atoms. The number of carbonyl (C=O) groups is 1. The van der Waals surface area contributed by atoms with E-state index in [0.717, 1.165) is 15.6 Å². The van der Waals surface area contributed by atoms with Crippen molar-refractivity contribution in [2.45, 2.75) is 12.8 Å². The molecule has 0 heterocycles. The Morgan fingerprint density at radius 3 is 2.86 bits per heavy atom. The monoisotopic (exact) mass is 250 g/mol. The van der Waals surface area contributed by atoms with E-state index in [4.69, 9.17) is 0 Å². The van der Waals surface area contributed by atoms with Crippen molar-refractivity contribution in [3.05, 3.63) is 46.5 Å². The molecule has 0 aromatic heterocycles. The highest BCUT2D eigenvalue weighted by molar-refractivity contribution is 9.10. The fraction of sp³-hybridized carbons (Fsp3) is 0.250. The van der Waals surface area contributed by atoms with Crippen molar-refractivity contribution in [2.75, 3.05) is 0 Å². The van der Waals surface area contributed by atoms with Crippen LogP contribution >= 0.6 is 15.9 Å². The Bertz CT molecular complexity index is 409. The Morgan fingerprint density at radius 1 is 1.50 bits per heavy atom. The number of Topliss-reactive ketones (excluding diaryl/α,β-unsaturated/α-hetero) is 1.